The van der Waals surface area contributed by atoms with Gasteiger partial charge in [0.25, 0.3) is 0 Å². The molecule has 0 saturated heterocycles. The summed E-state index contributed by atoms with van der Waals surface area (Å²) in [6.07, 6.45) is 4.19. The van der Waals surface area contributed by atoms with Gasteiger partial charge in [0.15, 0.2) is 0 Å². The maximum atomic E-state index is 11.9. The van der Waals surface area contributed by atoms with Crippen LogP contribution in [0.5, 0.6) is 0 Å². The van der Waals surface area contributed by atoms with Crippen LogP contribution in [0.2, 0.25) is 0 Å². The molecule has 0 spiro atoms. The number of amides is 1. The molecule has 17 heavy (non-hydrogen) atoms. The molecule has 1 atom stereocenters. The molecule has 1 rings (SSSR count). The van der Waals surface area contributed by atoms with Crippen molar-refractivity contribution in [1.29, 1.82) is 0 Å². The van der Waals surface area contributed by atoms with E-state index in [0.29, 0.717) is 19.0 Å². The van der Waals surface area contributed by atoms with Crippen molar-refractivity contribution in [2.45, 2.75) is 33.2 Å². The quantitative estimate of drug-likeness (QED) is 0.767. The Morgan fingerprint density at radius 3 is 2.82 bits per heavy atom. The molecule has 1 aromatic heterocycles. The van der Waals surface area contributed by atoms with Gasteiger partial charge in [0, 0.05) is 24.9 Å². The molecule has 0 radical (unpaired) electrons. The lowest BCUT2D eigenvalue weighted by molar-refractivity contribution is -0.124. The van der Waals surface area contributed by atoms with Crippen molar-refractivity contribution < 1.29 is 4.79 Å². The Balaban J connectivity index is 2.64. The number of nitrogens with two attached hydrogens (primary N) is 1. The molecule has 0 fully saturated rings. The van der Waals surface area contributed by atoms with E-state index in [2.05, 4.69) is 24.1 Å². The van der Waals surface area contributed by atoms with Crippen LogP contribution in [-0.4, -0.2) is 28.5 Å². The van der Waals surface area contributed by atoms with Crippen molar-refractivity contribution >= 4 is 5.91 Å². The molecule has 1 heterocycles. The van der Waals surface area contributed by atoms with Crippen molar-refractivity contribution in [3.8, 4) is 0 Å². The van der Waals surface area contributed by atoms with Gasteiger partial charge in [0.2, 0.25) is 5.91 Å². The summed E-state index contributed by atoms with van der Waals surface area (Å²) in [6.45, 7) is 7.28. The van der Waals surface area contributed by atoms with Crippen molar-refractivity contribution in [3.05, 3.63) is 18.2 Å². The van der Waals surface area contributed by atoms with Crippen LogP contribution in [0.15, 0.2) is 12.5 Å². The van der Waals surface area contributed by atoms with Gasteiger partial charge in [-0.2, -0.15) is 0 Å². The molecule has 3 N–H and O–H groups in total. The predicted octanol–water partition coefficient (Wildman–Crippen LogP) is 0.718. The molecule has 0 aliphatic rings. The summed E-state index contributed by atoms with van der Waals surface area (Å²) in [5.41, 5.74) is 6.52. The lowest BCUT2D eigenvalue weighted by Crippen LogP contribution is -2.34. The predicted molar refractivity (Wildman–Crippen MR) is 67.5 cm³/mol. The van der Waals surface area contributed by atoms with E-state index >= 15 is 0 Å². The second kappa shape index (κ2) is 6.39. The Labute approximate surface area is 102 Å². The molecular weight excluding hydrogens is 216 g/mol. The van der Waals surface area contributed by atoms with Gasteiger partial charge in [-0.1, -0.05) is 13.8 Å². The number of hydrogen-bond acceptors (Lipinski definition) is 3. The minimum absolute atomic E-state index is 0.0231. The molecule has 0 aliphatic carbocycles. The molecule has 0 aliphatic heterocycles. The number of aromatic nitrogens is 2. The fraction of sp³-hybridized carbons (Fsp3) is 0.667. The first-order valence-corrected chi connectivity index (χ1v) is 6.04. The van der Waals surface area contributed by atoms with Crippen LogP contribution in [0.1, 0.15) is 32.5 Å². The van der Waals surface area contributed by atoms with Crippen molar-refractivity contribution in [2.75, 3.05) is 13.1 Å². The second-order valence-corrected chi connectivity index (χ2v) is 4.65. The Hall–Kier alpha value is -1.36. The number of hydrogen-bond donors (Lipinski definition) is 2. The van der Waals surface area contributed by atoms with Crippen LogP contribution in [0.4, 0.5) is 0 Å². The first kappa shape index (κ1) is 13.7. The Morgan fingerprint density at radius 2 is 2.24 bits per heavy atom. The van der Waals surface area contributed by atoms with Crippen molar-refractivity contribution in [3.63, 3.8) is 0 Å². The molecule has 1 unspecified atom stereocenters. The van der Waals surface area contributed by atoms with Crippen LogP contribution in [0, 0.1) is 5.92 Å². The summed E-state index contributed by atoms with van der Waals surface area (Å²) in [5.74, 6) is 0.479. The molecule has 0 saturated carbocycles. The zero-order valence-electron chi connectivity index (χ0n) is 10.8. The normalized spacial score (nSPS) is 12.8. The highest BCUT2D eigenvalue weighted by molar-refractivity contribution is 5.79. The van der Waals surface area contributed by atoms with E-state index in [1.54, 1.807) is 12.5 Å². The van der Waals surface area contributed by atoms with Crippen LogP contribution in [-0.2, 0) is 11.2 Å². The maximum Gasteiger partial charge on any atom is 0.242 e. The molecule has 1 amide bonds. The summed E-state index contributed by atoms with van der Waals surface area (Å²) in [7, 11) is 0. The summed E-state index contributed by atoms with van der Waals surface area (Å²) in [4.78, 5) is 16.0. The van der Waals surface area contributed by atoms with Crippen LogP contribution >= 0.6 is 0 Å². The summed E-state index contributed by atoms with van der Waals surface area (Å²) >= 11 is 0. The highest BCUT2D eigenvalue weighted by Crippen LogP contribution is 2.10. The Kier molecular flexibility index (Phi) is 5.15. The van der Waals surface area contributed by atoms with E-state index in [4.69, 9.17) is 5.73 Å². The third kappa shape index (κ3) is 3.85. The molecule has 96 valence electrons. The van der Waals surface area contributed by atoms with Gasteiger partial charge in [-0.3, -0.25) is 4.79 Å². The smallest absolute Gasteiger partial charge is 0.242 e. The first-order valence-electron chi connectivity index (χ1n) is 6.04. The lowest BCUT2D eigenvalue weighted by atomic mass is 10.2. The Morgan fingerprint density at radius 1 is 1.53 bits per heavy atom. The van der Waals surface area contributed by atoms with Crippen LogP contribution in [0.25, 0.3) is 0 Å². The number of rotatable bonds is 6. The van der Waals surface area contributed by atoms with E-state index in [0.717, 1.165) is 12.1 Å². The molecule has 0 aromatic carbocycles. The number of nitrogens with zero attached hydrogens (tertiary/aromatic N) is 2. The topological polar surface area (TPSA) is 72.9 Å². The van der Waals surface area contributed by atoms with Gasteiger partial charge in [-0.15, -0.1) is 0 Å². The lowest BCUT2D eigenvalue weighted by Gasteiger charge is -2.17. The van der Waals surface area contributed by atoms with Gasteiger partial charge < -0.3 is 15.6 Å². The average molecular weight is 238 g/mol. The van der Waals surface area contributed by atoms with Crippen LogP contribution < -0.4 is 11.1 Å². The zero-order valence-corrected chi connectivity index (χ0v) is 10.8. The molecule has 5 nitrogen and oxygen atoms in total. The summed E-state index contributed by atoms with van der Waals surface area (Å²) in [6, 6.07) is -0.238. The van der Waals surface area contributed by atoms with Gasteiger partial charge in [0.05, 0.1) is 6.33 Å². The number of carbonyl (C=O) groups is 1. The third-order valence-electron chi connectivity index (χ3n) is 2.63. The largest absolute Gasteiger partial charge is 0.354 e. The van der Waals surface area contributed by atoms with Gasteiger partial charge in [0.1, 0.15) is 6.04 Å². The fourth-order valence-corrected chi connectivity index (χ4v) is 1.60. The minimum Gasteiger partial charge on any atom is -0.354 e. The van der Waals surface area contributed by atoms with E-state index in [-0.39, 0.29) is 11.9 Å². The third-order valence-corrected chi connectivity index (χ3v) is 2.63. The van der Waals surface area contributed by atoms with Gasteiger partial charge >= 0.3 is 0 Å². The molecule has 0 bridgehead atoms. The molecule has 5 heteroatoms. The van der Waals surface area contributed by atoms with Gasteiger partial charge in [-0.25, -0.2) is 4.98 Å². The number of nitrogens with one attached hydrogen (secondary N) is 1. The van der Waals surface area contributed by atoms with E-state index in [1.165, 1.54) is 0 Å². The fourth-order valence-electron chi connectivity index (χ4n) is 1.60. The number of carbonyl (C=O) groups excluding carboxylic acids is 1. The van der Waals surface area contributed by atoms with E-state index < -0.39 is 0 Å². The van der Waals surface area contributed by atoms with E-state index in [1.807, 2.05) is 11.5 Å². The van der Waals surface area contributed by atoms with E-state index in [9.17, 15) is 4.79 Å². The second-order valence-electron chi connectivity index (χ2n) is 4.65. The summed E-state index contributed by atoms with van der Waals surface area (Å²) in [5, 5.41) is 2.92. The van der Waals surface area contributed by atoms with Crippen molar-refractivity contribution in [1.82, 2.24) is 14.9 Å². The zero-order chi connectivity index (χ0) is 12.8. The van der Waals surface area contributed by atoms with Crippen LogP contribution in [0.3, 0.4) is 0 Å². The molecule has 1 aromatic rings. The molecular formula is C12H22N4O. The van der Waals surface area contributed by atoms with Crippen molar-refractivity contribution in [2.24, 2.45) is 11.7 Å². The Bertz CT molecular complexity index is 359. The minimum atomic E-state index is -0.238. The average Bonchev–Trinajstić information content (AvgIpc) is 2.73. The summed E-state index contributed by atoms with van der Waals surface area (Å²) < 4.78 is 1.88. The standard InChI is InChI=1S/C12H22N4O/c1-9(2)6-15-12(17)10(3)16-8-14-7-11(16)4-5-13/h7-10H,4-6,13H2,1-3H3,(H,15,17). The SMILES string of the molecule is CC(C)CNC(=O)C(C)n1cncc1CCN. The first-order chi connectivity index (χ1) is 8.06. The number of imidazole rings is 1. The monoisotopic (exact) mass is 238 g/mol. The van der Waals surface area contributed by atoms with Gasteiger partial charge in [-0.05, 0) is 19.4 Å². The highest BCUT2D eigenvalue weighted by atomic mass is 16.2. The highest BCUT2D eigenvalue weighted by Gasteiger charge is 2.16. The maximum absolute atomic E-state index is 11.9.